The molecule has 2 rings (SSSR count). The first-order valence-corrected chi connectivity index (χ1v) is 6.76. The van der Waals surface area contributed by atoms with Crippen molar-refractivity contribution in [1.29, 1.82) is 0 Å². The van der Waals surface area contributed by atoms with E-state index < -0.39 is 0 Å². The average molecular weight is 241 g/mol. The van der Waals surface area contributed by atoms with Crippen LogP contribution in [0.1, 0.15) is 38.7 Å². The van der Waals surface area contributed by atoms with Crippen LogP contribution in [-0.2, 0) is 5.41 Å². The highest BCUT2D eigenvalue weighted by Crippen LogP contribution is 2.46. The fourth-order valence-electron chi connectivity index (χ4n) is 2.69. The zero-order valence-corrected chi connectivity index (χ0v) is 11.6. The number of hydrogen-bond donors (Lipinski definition) is 0. The summed E-state index contributed by atoms with van der Waals surface area (Å²) < 4.78 is 0. The van der Waals surface area contributed by atoms with Gasteiger partial charge in [-0.2, -0.15) is 0 Å². The highest BCUT2D eigenvalue weighted by atomic mass is 15.2. The van der Waals surface area contributed by atoms with E-state index in [-0.39, 0.29) is 5.41 Å². The highest BCUT2D eigenvalue weighted by Gasteiger charge is 2.37. The third kappa shape index (κ3) is 2.10. The Hall–Kier alpha value is -1.50. The minimum absolute atomic E-state index is 0.0645. The molecular formula is C17H23N. The van der Waals surface area contributed by atoms with Gasteiger partial charge in [-0.05, 0) is 30.9 Å². The number of benzene rings is 1. The van der Waals surface area contributed by atoms with Crippen LogP contribution in [0.15, 0.2) is 49.2 Å². The number of nitrogens with zero attached hydrogens (tertiary/aromatic N) is 1. The zero-order valence-electron chi connectivity index (χ0n) is 11.6. The Kier molecular flexibility index (Phi) is 3.60. The summed E-state index contributed by atoms with van der Waals surface area (Å²) in [7, 11) is 0. The van der Waals surface area contributed by atoms with Gasteiger partial charge in [0.05, 0.1) is 0 Å². The maximum atomic E-state index is 4.31. The predicted octanol–water partition coefficient (Wildman–Crippen LogP) is 4.65. The molecule has 1 aromatic rings. The first-order chi connectivity index (χ1) is 8.59. The monoisotopic (exact) mass is 241 g/mol. The van der Waals surface area contributed by atoms with Crippen molar-refractivity contribution in [2.45, 2.75) is 38.5 Å². The van der Waals surface area contributed by atoms with Crippen molar-refractivity contribution in [3.05, 3.63) is 54.8 Å². The van der Waals surface area contributed by atoms with Crippen LogP contribution in [0, 0.1) is 0 Å². The van der Waals surface area contributed by atoms with Crippen molar-refractivity contribution < 1.29 is 0 Å². The summed E-state index contributed by atoms with van der Waals surface area (Å²) in [6.45, 7) is 13.7. The molecule has 96 valence electrons. The van der Waals surface area contributed by atoms with Crippen LogP contribution in [0.5, 0.6) is 0 Å². The maximum Gasteiger partial charge on any atom is 0.0450 e. The van der Waals surface area contributed by atoms with E-state index in [1.54, 1.807) is 0 Å². The second kappa shape index (κ2) is 5.01. The van der Waals surface area contributed by atoms with Crippen molar-refractivity contribution in [3.8, 4) is 0 Å². The van der Waals surface area contributed by atoms with E-state index in [4.69, 9.17) is 0 Å². The Morgan fingerprint density at radius 2 is 1.94 bits per heavy atom. The van der Waals surface area contributed by atoms with Crippen molar-refractivity contribution in [3.63, 3.8) is 0 Å². The van der Waals surface area contributed by atoms with Crippen LogP contribution in [-0.4, -0.2) is 6.54 Å². The molecule has 0 amide bonds. The summed E-state index contributed by atoms with van der Waals surface area (Å²) in [6.07, 6.45) is 5.49. The van der Waals surface area contributed by atoms with Crippen LogP contribution < -0.4 is 4.90 Å². The Labute approximate surface area is 111 Å². The third-order valence-electron chi connectivity index (χ3n) is 3.96. The Balaban J connectivity index is 2.17. The molecule has 1 heteroatoms. The molecule has 0 saturated carbocycles. The average Bonchev–Trinajstić information content (AvgIpc) is 2.56. The second-order valence-electron chi connectivity index (χ2n) is 5.52. The van der Waals surface area contributed by atoms with Crippen LogP contribution >= 0.6 is 0 Å². The topological polar surface area (TPSA) is 3.24 Å². The third-order valence-corrected chi connectivity index (χ3v) is 3.96. The molecule has 18 heavy (non-hydrogen) atoms. The lowest BCUT2D eigenvalue weighted by atomic mass is 9.84. The minimum atomic E-state index is 0.0645. The lowest BCUT2D eigenvalue weighted by Crippen LogP contribution is -2.26. The molecule has 0 spiro atoms. The molecular weight excluding hydrogens is 218 g/mol. The van der Waals surface area contributed by atoms with Crippen molar-refractivity contribution >= 4 is 5.69 Å². The van der Waals surface area contributed by atoms with Gasteiger partial charge in [-0.25, -0.2) is 0 Å². The number of fused-ring (bicyclic) bond motifs is 1. The summed E-state index contributed by atoms with van der Waals surface area (Å²) in [4.78, 5) is 2.39. The lowest BCUT2D eigenvalue weighted by molar-refractivity contribution is 0.624. The largest absolute Gasteiger partial charge is 0.345 e. The quantitative estimate of drug-likeness (QED) is 0.535. The fourth-order valence-corrected chi connectivity index (χ4v) is 2.69. The van der Waals surface area contributed by atoms with Gasteiger partial charge in [-0.3, -0.25) is 0 Å². The molecule has 1 nitrogen and oxygen atoms in total. The van der Waals surface area contributed by atoms with Crippen molar-refractivity contribution in [2.24, 2.45) is 0 Å². The number of para-hydroxylation sites is 1. The second-order valence-corrected chi connectivity index (χ2v) is 5.52. The van der Waals surface area contributed by atoms with Gasteiger partial charge in [-0.15, -0.1) is 6.58 Å². The molecule has 0 radical (unpaired) electrons. The van der Waals surface area contributed by atoms with Crippen LogP contribution in [0.25, 0.3) is 0 Å². The van der Waals surface area contributed by atoms with Crippen LogP contribution in [0.4, 0.5) is 5.69 Å². The molecule has 0 aliphatic carbocycles. The summed E-state index contributed by atoms with van der Waals surface area (Å²) in [6, 6.07) is 8.67. The van der Waals surface area contributed by atoms with Gasteiger partial charge in [0.1, 0.15) is 0 Å². The van der Waals surface area contributed by atoms with Gasteiger partial charge in [0.2, 0.25) is 0 Å². The first-order valence-electron chi connectivity index (χ1n) is 6.76. The molecule has 0 unspecified atom stereocenters. The van der Waals surface area contributed by atoms with Crippen molar-refractivity contribution in [1.82, 2.24) is 0 Å². The van der Waals surface area contributed by atoms with Crippen LogP contribution in [0.3, 0.4) is 0 Å². The molecule has 0 atom stereocenters. The molecule has 0 bridgehead atoms. The van der Waals surface area contributed by atoms with Gasteiger partial charge in [0, 0.05) is 23.3 Å². The zero-order chi connectivity index (χ0) is 13.2. The van der Waals surface area contributed by atoms with Crippen LogP contribution in [0.2, 0.25) is 0 Å². The van der Waals surface area contributed by atoms with Gasteiger partial charge >= 0.3 is 0 Å². The summed E-state index contributed by atoms with van der Waals surface area (Å²) >= 11 is 0. The molecule has 0 aromatic heterocycles. The Bertz CT molecular complexity index is 456. The molecule has 1 aliphatic heterocycles. The van der Waals surface area contributed by atoms with E-state index in [1.165, 1.54) is 29.8 Å². The normalized spacial score (nSPS) is 16.8. The summed E-state index contributed by atoms with van der Waals surface area (Å²) in [5.74, 6) is 0. The molecule has 0 N–H and O–H groups in total. The Morgan fingerprint density at radius 1 is 1.22 bits per heavy atom. The van der Waals surface area contributed by atoms with E-state index in [1.807, 2.05) is 6.08 Å². The number of unbranched alkanes of at least 4 members (excludes halogenated alkanes) is 2. The number of anilines is 1. The predicted molar refractivity (Wildman–Crippen MR) is 80.0 cm³/mol. The summed E-state index contributed by atoms with van der Waals surface area (Å²) in [5.41, 5.74) is 4.03. The van der Waals surface area contributed by atoms with E-state index in [0.29, 0.717) is 0 Å². The molecule has 1 heterocycles. The van der Waals surface area contributed by atoms with E-state index >= 15 is 0 Å². The lowest BCUT2D eigenvalue weighted by Gasteiger charge is -2.25. The van der Waals surface area contributed by atoms with E-state index in [9.17, 15) is 0 Å². The minimum Gasteiger partial charge on any atom is -0.345 e. The number of rotatable bonds is 5. The maximum absolute atomic E-state index is 4.31. The van der Waals surface area contributed by atoms with Crippen molar-refractivity contribution in [2.75, 3.05) is 11.4 Å². The fraction of sp³-hybridized carbons (Fsp3) is 0.412. The SMILES string of the molecule is C=CCCCCN1C(=C)C(C)(C)c2ccccc21. The molecule has 1 aromatic carbocycles. The Morgan fingerprint density at radius 3 is 2.67 bits per heavy atom. The number of hydrogen-bond acceptors (Lipinski definition) is 1. The van der Waals surface area contributed by atoms with Gasteiger partial charge in [0.25, 0.3) is 0 Å². The van der Waals surface area contributed by atoms with Gasteiger partial charge in [0.15, 0.2) is 0 Å². The summed E-state index contributed by atoms with van der Waals surface area (Å²) in [5, 5.41) is 0. The number of allylic oxidation sites excluding steroid dienone is 2. The molecule has 0 fully saturated rings. The standard InChI is InChI=1S/C17H23N/c1-5-6-7-10-13-18-14(2)17(3,4)15-11-8-9-12-16(15)18/h5,8-9,11-12H,1-2,6-7,10,13H2,3-4H3. The van der Waals surface area contributed by atoms with Gasteiger partial charge < -0.3 is 4.90 Å². The smallest absolute Gasteiger partial charge is 0.0450 e. The van der Waals surface area contributed by atoms with E-state index in [2.05, 4.69) is 56.2 Å². The first kappa shape index (κ1) is 12.9. The van der Waals surface area contributed by atoms with E-state index in [0.717, 1.165) is 13.0 Å². The molecule has 0 saturated heterocycles. The highest BCUT2D eigenvalue weighted by molar-refractivity contribution is 5.69. The van der Waals surface area contributed by atoms with Gasteiger partial charge in [-0.1, -0.05) is 44.7 Å². The molecule has 1 aliphatic rings.